The minimum absolute atomic E-state index is 0.397. The molecule has 1 saturated heterocycles. The van der Waals surface area contributed by atoms with Crippen molar-refractivity contribution in [1.82, 2.24) is 9.97 Å². The minimum Gasteiger partial charge on any atom is -0.356 e. The van der Waals surface area contributed by atoms with Crippen LogP contribution in [0.1, 0.15) is 39.2 Å². The van der Waals surface area contributed by atoms with Crippen molar-refractivity contribution < 1.29 is 0 Å². The molecule has 0 amide bonds. The topological polar surface area (TPSA) is 41.1 Å². The largest absolute Gasteiger partial charge is 0.356 e. The Labute approximate surface area is 110 Å². The van der Waals surface area contributed by atoms with Gasteiger partial charge in [0, 0.05) is 31.4 Å². The molecule has 1 aliphatic heterocycles. The van der Waals surface area contributed by atoms with Gasteiger partial charge in [0.1, 0.15) is 5.82 Å². The van der Waals surface area contributed by atoms with Crippen LogP contribution in [0.2, 0.25) is 0 Å². The molecule has 0 bridgehead atoms. The molecule has 2 heterocycles. The smallest absolute Gasteiger partial charge is 0.224 e. The highest BCUT2D eigenvalue weighted by Crippen LogP contribution is 2.32. The number of rotatable bonds is 4. The molecule has 1 aliphatic rings. The highest BCUT2D eigenvalue weighted by molar-refractivity contribution is 5.50. The van der Waals surface area contributed by atoms with Crippen molar-refractivity contribution in [2.24, 2.45) is 5.41 Å². The summed E-state index contributed by atoms with van der Waals surface area (Å²) in [5.74, 6) is 1.84. The zero-order valence-electron chi connectivity index (χ0n) is 12.0. The average Bonchev–Trinajstić information content (AvgIpc) is 2.68. The van der Waals surface area contributed by atoms with Crippen molar-refractivity contribution in [1.29, 1.82) is 0 Å². The Bertz CT molecular complexity index is 414. The lowest BCUT2D eigenvalue weighted by atomic mass is 9.93. The molecule has 0 radical (unpaired) electrons. The van der Waals surface area contributed by atoms with Gasteiger partial charge in [0.05, 0.1) is 0 Å². The maximum absolute atomic E-state index is 4.66. The summed E-state index contributed by atoms with van der Waals surface area (Å²) < 4.78 is 0. The number of anilines is 2. The maximum Gasteiger partial charge on any atom is 0.224 e. The molecule has 0 saturated carbocycles. The van der Waals surface area contributed by atoms with Gasteiger partial charge >= 0.3 is 0 Å². The van der Waals surface area contributed by atoms with Crippen molar-refractivity contribution in [3.63, 3.8) is 0 Å². The van der Waals surface area contributed by atoms with E-state index in [2.05, 4.69) is 47.9 Å². The molecule has 0 unspecified atom stereocenters. The zero-order valence-corrected chi connectivity index (χ0v) is 12.0. The molecular weight excluding hydrogens is 224 g/mol. The Morgan fingerprint density at radius 1 is 1.44 bits per heavy atom. The first kappa shape index (κ1) is 13.1. The highest BCUT2D eigenvalue weighted by Gasteiger charge is 2.30. The number of aromatic nitrogens is 2. The molecule has 1 aromatic heterocycles. The van der Waals surface area contributed by atoms with Gasteiger partial charge in [0.2, 0.25) is 5.95 Å². The average molecular weight is 248 g/mol. The summed E-state index contributed by atoms with van der Waals surface area (Å²) in [6, 6.07) is 0. The molecule has 0 aliphatic carbocycles. The van der Waals surface area contributed by atoms with Gasteiger partial charge in [0.25, 0.3) is 0 Å². The van der Waals surface area contributed by atoms with E-state index in [1.165, 1.54) is 6.42 Å². The van der Waals surface area contributed by atoms with Gasteiger partial charge in [0.15, 0.2) is 0 Å². The summed E-state index contributed by atoms with van der Waals surface area (Å²) in [6.45, 7) is 12.0. The van der Waals surface area contributed by atoms with E-state index in [0.29, 0.717) is 5.41 Å². The number of hydrogen-bond donors (Lipinski definition) is 1. The zero-order chi connectivity index (χ0) is 13.2. The lowest BCUT2D eigenvalue weighted by Gasteiger charge is -2.22. The van der Waals surface area contributed by atoms with Crippen LogP contribution < -0.4 is 10.2 Å². The van der Waals surface area contributed by atoms with Crippen molar-refractivity contribution in [2.45, 2.75) is 40.5 Å². The highest BCUT2D eigenvalue weighted by atomic mass is 15.2. The standard InChI is InChI=1S/C14H24N4/c1-5-7-15-13-16-9-11(2)12(17-13)18-8-6-14(3,4)10-18/h9H,5-8,10H2,1-4H3,(H,15,16,17). The van der Waals surface area contributed by atoms with Crippen LogP contribution in [-0.4, -0.2) is 29.6 Å². The van der Waals surface area contributed by atoms with Gasteiger partial charge in [-0.25, -0.2) is 4.98 Å². The van der Waals surface area contributed by atoms with Gasteiger partial charge in [-0.15, -0.1) is 0 Å². The van der Waals surface area contributed by atoms with Gasteiger partial charge in [-0.1, -0.05) is 20.8 Å². The van der Waals surface area contributed by atoms with Crippen molar-refractivity contribution in [3.05, 3.63) is 11.8 Å². The third-order valence-electron chi connectivity index (χ3n) is 3.46. The third-order valence-corrected chi connectivity index (χ3v) is 3.46. The summed E-state index contributed by atoms with van der Waals surface area (Å²) in [5.41, 5.74) is 1.56. The van der Waals surface area contributed by atoms with Crippen LogP contribution in [0, 0.1) is 12.3 Å². The second-order valence-electron chi connectivity index (χ2n) is 5.96. The molecular formula is C14H24N4. The van der Waals surface area contributed by atoms with Crippen LogP contribution in [0.3, 0.4) is 0 Å². The second kappa shape index (κ2) is 5.12. The van der Waals surface area contributed by atoms with Crippen LogP contribution in [-0.2, 0) is 0 Å². The van der Waals surface area contributed by atoms with Gasteiger partial charge < -0.3 is 10.2 Å². The van der Waals surface area contributed by atoms with E-state index < -0.39 is 0 Å². The summed E-state index contributed by atoms with van der Waals surface area (Å²) >= 11 is 0. The molecule has 0 aromatic carbocycles. The Hall–Kier alpha value is -1.32. The fourth-order valence-corrected chi connectivity index (χ4v) is 2.37. The van der Waals surface area contributed by atoms with E-state index >= 15 is 0 Å². The molecule has 2 rings (SSSR count). The summed E-state index contributed by atoms with van der Waals surface area (Å²) in [5, 5.41) is 3.26. The van der Waals surface area contributed by atoms with Crippen molar-refractivity contribution in [2.75, 3.05) is 29.9 Å². The van der Waals surface area contributed by atoms with E-state index in [-0.39, 0.29) is 0 Å². The first-order valence-corrected chi connectivity index (χ1v) is 6.84. The fraction of sp³-hybridized carbons (Fsp3) is 0.714. The molecule has 4 nitrogen and oxygen atoms in total. The second-order valence-corrected chi connectivity index (χ2v) is 5.96. The Kier molecular flexibility index (Phi) is 3.73. The third kappa shape index (κ3) is 2.92. The molecule has 100 valence electrons. The predicted molar refractivity (Wildman–Crippen MR) is 76.2 cm³/mol. The quantitative estimate of drug-likeness (QED) is 0.889. The van der Waals surface area contributed by atoms with Crippen molar-refractivity contribution >= 4 is 11.8 Å². The normalized spacial score (nSPS) is 18.1. The Balaban J connectivity index is 2.16. The van der Waals surface area contributed by atoms with Gasteiger partial charge in [-0.3, -0.25) is 0 Å². The van der Waals surface area contributed by atoms with Crippen LogP contribution in [0.25, 0.3) is 0 Å². The van der Waals surface area contributed by atoms with Crippen LogP contribution >= 0.6 is 0 Å². The first-order valence-electron chi connectivity index (χ1n) is 6.84. The molecule has 4 heteroatoms. The van der Waals surface area contributed by atoms with Gasteiger partial charge in [-0.05, 0) is 25.2 Å². The van der Waals surface area contributed by atoms with E-state index in [1.807, 2.05) is 6.20 Å². The molecule has 1 fully saturated rings. The molecule has 1 N–H and O–H groups in total. The minimum atomic E-state index is 0.397. The monoisotopic (exact) mass is 248 g/mol. The van der Waals surface area contributed by atoms with E-state index in [0.717, 1.165) is 43.4 Å². The first-order chi connectivity index (χ1) is 8.52. The van der Waals surface area contributed by atoms with Crippen LogP contribution in [0.5, 0.6) is 0 Å². The Morgan fingerprint density at radius 2 is 2.22 bits per heavy atom. The molecule has 0 atom stereocenters. The fourth-order valence-electron chi connectivity index (χ4n) is 2.37. The van der Waals surface area contributed by atoms with E-state index in [1.54, 1.807) is 0 Å². The maximum atomic E-state index is 4.66. The summed E-state index contributed by atoms with van der Waals surface area (Å²) in [6.07, 6.45) is 4.24. The number of nitrogens with zero attached hydrogens (tertiary/aromatic N) is 3. The molecule has 0 spiro atoms. The van der Waals surface area contributed by atoms with Crippen LogP contribution in [0.15, 0.2) is 6.20 Å². The van der Waals surface area contributed by atoms with E-state index in [4.69, 9.17) is 0 Å². The van der Waals surface area contributed by atoms with E-state index in [9.17, 15) is 0 Å². The number of nitrogens with one attached hydrogen (secondary N) is 1. The SMILES string of the molecule is CCCNc1ncc(C)c(N2CCC(C)(C)C2)n1. The summed E-state index contributed by atoms with van der Waals surface area (Å²) in [7, 11) is 0. The molecule has 18 heavy (non-hydrogen) atoms. The summed E-state index contributed by atoms with van der Waals surface area (Å²) in [4.78, 5) is 11.4. The predicted octanol–water partition coefficient (Wildman–Crippen LogP) is 2.84. The van der Waals surface area contributed by atoms with Gasteiger partial charge in [-0.2, -0.15) is 4.98 Å². The number of aryl methyl sites for hydroxylation is 1. The molecule has 1 aromatic rings. The van der Waals surface area contributed by atoms with Crippen LogP contribution in [0.4, 0.5) is 11.8 Å². The lowest BCUT2D eigenvalue weighted by Crippen LogP contribution is -2.25. The number of hydrogen-bond acceptors (Lipinski definition) is 4. The Morgan fingerprint density at radius 3 is 2.83 bits per heavy atom. The van der Waals surface area contributed by atoms with Crippen molar-refractivity contribution in [3.8, 4) is 0 Å². The lowest BCUT2D eigenvalue weighted by molar-refractivity contribution is 0.418.